The summed E-state index contributed by atoms with van der Waals surface area (Å²) in [5.41, 5.74) is 0. The van der Waals surface area contributed by atoms with Crippen molar-refractivity contribution in [2.24, 2.45) is 0 Å². The summed E-state index contributed by atoms with van der Waals surface area (Å²) in [6.45, 7) is 0.967. The van der Waals surface area contributed by atoms with Crippen LogP contribution in [0.15, 0.2) is 0 Å². The molecule has 0 atom stereocenters. The van der Waals surface area contributed by atoms with Crippen LogP contribution >= 0.6 is 0 Å². The van der Waals surface area contributed by atoms with Gasteiger partial charge in [-0.2, -0.15) is 0 Å². The number of rotatable bonds is 36. The monoisotopic (exact) mass is 691 g/mol. The minimum atomic E-state index is -0.681. The quantitative estimate of drug-likeness (QED) is 0.0350. The van der Waals surface area contributed by atoms with E-state index in [1.165, 1.54) is 109 Å². The maximum absolute atomic E-state index is 10.3. The van der Waals surface area contributed by atoms with Gasteiger partial charge < -0.3 is 30.6 Å². The zero-order chi connectivity index (χ0) is 36.2. The fourth-order valence-electron chi connectivity index (χ4n) is 5.41. The van der Waals surface area contributed by atoms with Gasteiger partial charge in [-0.3, -0.25) is 14.4 Å². The SMILES string of the molecule is O=C(O)CCCCCCCCCCCCCO.O=C(O)CCCCCCCCCCCCO.O=C(O)CCCCCCCCCCCO. The van der Waals surface area contributed by atoms with Gasteiger partial charge in [0.15, 0.2) is 0 Å². The Morgan fingerprint density at radius 3 is 0.479 bits per heavy atom. The zero-order valence-corrected chi connectivity index (χ0v) is 30.9. The average molecular weight is 691 g/mol. The lowest BCUT2D eigenvalue weighted by Crippen LogP contribution is -1.93. The molecule has 0 unspecified atom stereocenters. The van der Waals surface area contributed by atoms with Gasteiger partial charge >= 0.3 is 17.9 Å². The first-order valence-corrected chi connectivity index (χ1v) is 19.8. The summed E-state index contributed by atoms with van der Waals surface area (Å²) in [6, 6.07) is 0. The minimum absolute atomic E-state index is 0.315. The molecule has 0 saturated heterocycles. The van der Waals surface area contributed by atoms with Gasteiger partial charge in [-0.1, -0.05) is 154 Å². The van der Waals surface area contributed by atoms with Crippen molar-refractivity contribution in [3.63, 3.8) is 0 Å². The molecule has 0 heterocycles. The van der Waals surface area contributed by atoms with E-state index in [0.717, 1.165) is 83.5 Å². The van der Waals surface area contributed by atoms with Crippen molar-refractivity contribution in [1.29, 1.82) is 0 Å². The number of hydrogen-bond donors (Lipinski definition) is 6. The standard InChI is InChI=1S/C14H28O3.C13H26O3.C12H24O3/c15-13-11-9-7-5-3-1-2-4-6-8-10-12-14(16)17;14-12-10-8-6-4-2-1-3-5-7-9-11-13(15)16;13-11-9-7-5-3-1-2-4-6-8-10-12(14)15/h15H,1-13H2,(H,16,17);14H,1-12H2,(H,15,16);13H,1-11H2,(H,14,15). The summed E-state index contributed by atoms with van der Waals surface area (Å²) < 4.78 is 0. The van der Waals surface area contributed by atoms with Crippen molar-refractivity contribution in [1.82, 2.24) is 0 Å². The van der Waals surface area contributed by atoms with Gasteiger partial charge in [0.25, 0.3) is 0 Å². The molecular formula is C39H78O9. The molecule has 0 aromatic rings. The zero-order valence-electron chi connectivity index (χ0n) is 30.9. The van der Waals surface area contributed by atoms with Gasteiger partial charge in [-0.05, 0) is 38.5 Å². The van der Waals surface area contributed by atoms with E-state index >= 15 is 0 Å². The van der Waals surface area contributed by atoms with E-state index in [9.17, 15) is 14.4 Å². The molecule has 0 rings (SSSR count). The van der Waals surface area contributed by atoms with Gasteiger partial charge in [-0.25, -0.2) is 0 Å². The van der Waals surface area contributed by atoms with Gasteiger partial charge in [-0.15, -0.1) is 0 Å². The molecule has 288 valence electrons. The number of hydrogen-bond acceptors (Lipinski definition) is 6. The van der Waals surface area contributed by atoms with Gasteiger partial charge in [0.2, 0.25) is 0 Å². The molecule has 0 amide bonds. The van der Waals surface area contributed by atoms with Crippen molar-refractivity contribution < 1.29 is 45.0 Å². The number of carboxylic acids is 3. The smallest absolute Gasteiger partial charge is 0.303 e. The van der Waals surface area contributed by atoms with Crippen LogP contribution in [0, 0.1) is 0 Å². The third-order valence-corrected chi connectivity index (χ3v) is 8.40. The van der Waals surface area contributed by atoms with Gasteiger partial charge in [0.05, 0.1) is 0 Å². The number of carbonyl (C=O) groups is 3. The Hall–Kier alpha value is -1.71. The molecule has 0 spiro atoms. The van der Waals surface area contributed by atoms with E-state index in [-0.39, 0.29) is 0 Å². The molecule has 0 bridgehead atoms. The third-order valence-electron chi connectivity index (χ3n) is 8.40. The largest absolute Gasteiger partial charge is 0.481 e. The first-order chi connectivity index (χ1) is 23.3. The van der Waals surface area contributed by atoms with Crippen molar-refractivity contribution >= 4 is 17.9 Å². The highest BCUT2D eigenvalue weighted by Gasteiger charge is 1.99. The van der Waals surface area contributed by atoms with E-state index in [4.69, 9.17) is 30.6 Å². The maximum atomic E-state index is 10.3. The van der Waals surface area contributed by atoms with Crippen molar-refractivity contribution in [3.8, 4) is 0 Å². The minimum Gasteiger partial charge on any atom is -0.481 e. The highest BCUT2D eigenvalue weighted by atomic mass is 16.4. The Labute approximate surface area is 294 Å². The summed E-state index contributed by atoms with van der Waals surface area (Å²) >= 11 is 0. The van der Waals surface area contributed by atoms with E-state index in [1.54, 1.807) is 0 Å². The fourth-order valence-corrected chi connectivity index (χ4v) is 5.41. The normalized spacial score (nSPS) is 10.6. The lowest BCUT2D eigenvalue weighted by atomic mass is 10.1. The molecule has 0 aromatic carbocycles. The second-order valence-electron chi connectivity index (χ2n) is 13.2. The van der Waals surface area contributed by atoms with Crippen LogP contribution in [-0.4, -0.2) is 68.4 Å². The molecule has 0 saturated carbocycles. The molecule has 0 aromatic heterocycles. The lowest BCUT2D eigenvalue weighted by Gasteiger charge is -2.02. The van der Waals surface area contributed by atoms with Crippen molar-refractivity contribution in [2.75, 3.05) is 19.8 Å². The molecule has 6 N–H and O–H groups in total. The van der Waals surface area contributed by atoms with Crippen LogP contribution in [0.3, 0.4) is 0 Å². The Morgan fingerprint density at radius 1 is 0.229 bits per heavy atom. The molecule has 0 aliphatic carbocycles. The Morgan fingerprint density at radius 2 is 0.354 bits per heavy atom. The summed E-state index contributed by atoms with van der Waals surface area (Å²) in [4.78, 5) is 30.7. The van der Waals surface area contributed by atoms with Crippen molar-refractivity contribution in [2.45, 2.75) is 212 Å². The van der Waals surface area contributed by atoms with Crippen LogP contribution in [0.2, 0.25) is 0 Å². The van der Waals surface area contributed by atoms with Crippen LogP contribution in [0.5, 0.6) is 0 Å². The van der Waals surface area contributed by atoms with E-state index in [1.807, 2.05) is 0 Å². The van der Waals surface area contributed by atoms with Gasteiger partial charge in [0.1, 0.15) is 0 Å². The van der Waals surface area contributed by atoms with Crippen LogP contribution in [0.25, 0.3) is 0 Å². The molecule has 48 heavy (non-hydrogen) atoms. The Bertz CT molecular complexity index is 643. The fraction of sp³-hybridized carbons (Fsp3) is 0.923. The molecule has 0 aliphatic rings. The number of carboxylic acid groups (broad SMARTS) is 3. The molecular weight excluding hydrogens is 612 g/mol. The first-order valence-electron chi connectivity index (χ1n) is 19.8. The topological polar surface area (TPSA) is 173 Å². The average Bonchev–Trinajstić information content (AvgIpc) is 3.05. The predicted molar refractivity (Wildman–Crippen MR) is 197 cm³/mol. The molecule has 9 nitrogen and oxygen atoms in total. The lowest BCUT2D eigenvalue weighted by molar-refractivity contribution is -0.138. The van der Waals surface area contributed by atoms with E-state index < -0.39 is 17.9 Å². The summed E-state index contributed by atoms with van der Waals surface area (Å²) in [5.74, 6) is -2.03. The van der Waals surface area contributed by atoms with Crippen molar-refractivity contribution in [3.05, 3.63) is 0 Å². The summed E-state index contributed by atoms with van der Waals surface area (Å²) in [6.07, 6.45) is 35.3. The Kier molecular flexibility index (Phi) is 50.0. The Balaban J connectivity index is -0.000000634. The number of unbranched alkanes of at least 4 members (excludes halogenated alkanes) is 27. The summed E-state index contributed by atoms with van der Waals surface area (Å²) in [5, 5.41) is 51.1. The van der Waals surface area contributed by atoms with E-state index in [2.05, 4.69) is 0 Å². The van der Waals surface area contributed by atoms with E-state index in [0.29, 0.717) is 39.1 Å². The van der Waals surface area contributed by atoms with Crippen LogP contribution in [0.1, 0.15) is 212 Å². The second-order valence-corrected chi connectivity index (χ2v) is 13.2. The highest BCUT2D eigenvalue weighted by Crippen LogP contribution is 2.13. The molecule has 0 fully saturated rings. The predicted octanol–water partition coefficient (Wildman–Crippen LogP) is 10.1. The number of aliphatic carboxylic acids is 3. The number of aliphatic hydroxyl groups is 3. The third kappa shape index (κ3) is 59.7. The highest BCUT2D eigenvalue weighted by molar-refractivity contribution is 5.67. The maximum Gasteiger partial charge on any atom is 0.303 e. The first kappa shape index (κ1) is 50.7. The molecule has 0 aliphatic heterocycles. The van der Waals surface area contributed by atoms with Crippen LogP contribution in [-0.2, 0) is 14.4 Å². The number of aliphatic hydroxyl groups excluding tert-OH is 3. The molecule has 9 heteroatoms. The van der Waals surface area contributed by atoms with Crippen LogP contribution < -0.4 is 0 Å². The van der Waals surface area contributed by atoms with Gasteiger partial charge in [0, 0.05) is 39.1 Å². The summed E-state index contributed by atoms with van der Waals surface area (Å²) in [7, 11) is 0. The van der Waals surface area contributed by atoms with Crippen LogP contribution in [0.4, 0.5) is 0 Å². The molecule has 0 radical (unpaired) electrons. The second kappa shape index (κ2) is 47.4.